The van der Waals surface area contributed by atoms with Crippen LogP contribution in [-0.2, 0) is 10.0 Å². The van der Waals surface area contributed by atoms with Gasteiger partial charge in [-0.1, -0.05) is 6.92 Å². The Morgan fingerprint density at radius 2 is 2.00 bits per heavy atom. The van der Waals surface area contributed by atoms with Crippen LogP contribution in [-0.4, -0.2) is 35.3 Å². The Kier molecular flexibility index (Phi) is 5.14. The van der Waals surface area contributed by atoms with Crippen LogP contribution in [0.4, 0.5) is 20.2 Å². The van der Waals surface area contributed by atoms with Gasteiger partial charge in [-0.05, 0) is 24.6 Å². The van der Waals surface area contributed by atoms with Crippen LogP contribution in [0.5, 0.6) is 0 Å². The first-order valence-electron chi connectivity index (χ1n) is 8.08. The number of pyridine rings is 1. The minimum absolute atomic E-state index is 0.0263. The van der Waals surface area contributed by atoms with Gasteiger partial charge in [-0.15, -0.1) is 0 Å². The number of aromatic nitrogens is 3. The van der Waals surface area contributed by atoms with Crippen molar-refractivity contribution in [2.45, 2.75) is 13.3 Å². The molecule has 2 heterocycles. The van der Waals surface area contributed by atoms with Crippen molar-refractivity contribution >= 4 is 38.3 Å². The van der Waals surface area contributed by atoms with Crippen molar-refractivity contribution in [3.05, 3.63) is 51.9 Å². The fourth-order valence-electron chi connectivity index (χ4n) is 2.51. The molecule has 148 valence electrons. The molecule has 4 N–H and O–H groups in total. The summed E-state index contributed by atoms with van der Waals surface area (Å²) in [7, 11) is -3.84. The molecule has 0 saturated carbocycles. The summed E-state index contributed by atoms with van der Waals surface area (Å²) in [6.45, 7) is 1.62. The number of anilines is 2. The molecule has 0 saturated heterocycles. The van der Waals surface area contributed by atoms with Crippen molar-refractivity contribution in [1.82, 2.24) is 15.2 Å². The van der Waals surface area contributed by atoms with Crippen LogP contribution in [0, 0.1) is 11.6 Å². The maximum atomic E-state index is 14.6. The lowest BCUT2D eigenvalue weighted by molar-refractivity contribution is 0.101. The largest absolute Gasteiger partial charge is 0.320 e. The van der Waals surface area contributed by atoms with Crippen molar-refractivity contribution in [1.29, 1.82) is 0 Å². The third-order valence-electron chi connectivity index (χ3n) is 3.74. The third-order valence-corrected chi connectivity index (χ3v) is 5.22. The van der Waals surface area contributed by atoms with E-state index in [9.17, 15) is 26.8 Å². The second kappa shape index (κ2) is 7.38. The predicted octanol–water partition coefficient (Wildman–Crippen LogP) is 1.93. The van der Waals surface area contributed by atoms with Crippen LogP contribution in [0.25, 0.3) is 11.0 Å². The molecular formula is C16H15F2N5O4S. The van der Waals surface area contributed by atoms with E-state index in [0.29, 0.717) is 6.42 Å². The average molecular weight is 411 g/mol. The van der Waals surface area contributed by atoms with Crippen molar-refractivity contribution in [2.24, 2.45) is 0 Å². The van der Waals surface area contributed by atoms with Gasteiger partial charge in [0.2, 0.25) is 10.0 Å². The second-order valence-corrected chi connectivity index (χ2v) is 7.70. The van der Waals surface area contributed by atoms with E-state index in [1.54, 1.807) is 6.92 Å². The third kappa shape index (κ3) is 3.86. The number of amides is 1. The Balaban J connectivity index is 1.93. The SMILES string of the molecule is CCCS(=O)(=O)Nc1ccc(F)c(C(=O)Nc2cnc3[nH][nH]c(=O)c3c2)c1F. The fraction of sp³-hybridized carbons (Fsp3) is 0.188. The van der Waals surface area contributed by atoms with E-state index < -0.39 is 44.4 Å². The van der Waals surface area contributed by atoms with E-state index in [2.05, 4.69) is 20.5 Å². The standard InChI is InChI=1S/C16H15F2N5O4S/c1-2-5-28(26,27)23-11-4-3-10(17)12(13(11)18)16(25)20-8-6-9-14(19-7-8)21-22-15(9)24/h3-4,6-7,23H,2,5H2,1H3,(H,20,25)(H2,19,21,22,24). The summed E-state index contributed by atoms with van der Waals surface area (Å²) in [5, 5.41) is 7.19. The minimum Gasteiger partial charge on any atom is -0.320 e. The van der Waals surface area contributed by atoms with Gasteiger partial charge in [0.05, 0.1) is 28.7 Å². The van der Waals surface area contributed by atoms with Gasteiger partial charge in [-0.3, -0.25) is 24.5 Å². The first-order chi connectivity index (χ1) is 13.2. The molecule has 3 aromatic rings. The second-order valence-electron chi connectivity index (χ2n) is 5.86. The fourth-order valence-corrected chi connectivity index (χ4v) is 3.64. The van der Waals surface area contributed by atoms with E-state index in [-0.39, 0.29) is 22.5 Å². The maximum Gasteiger partial charge on any atom is 0.273 e. The van der Waals surface area contributed by atoms with E-state index >= 15 is 0 Å². The number of aromatic amines is 2. The zero-order chi connectivity index (χ0) is 20.5. The molecule has 12 heteroatoms. The quantitative estimate of drug-likeness (QED) is 0.491. The topological polar surface area (TPSA) is 137 Å². The van der Waals surface area contributed by atoms with Crippen molar-refractivity contribution in [2.75, 3.05) is 15.8 Å². The Hall–Kier alpha value is -3.28. The van der Waals surface area contributed by atoms with Crippen molar-refractivity contribution in [3.63, 3.8) is 0 Å². The van der Waals surface area contributed by atoms with Gasteiger partial charge in [0, 0.05) is 0 Å². The lowest BCUT2D eigenvalue weighted by Gasteiger charge is -2.12. The van der Waals surface area contributed by atoms with Gasteiger partial charge in [-0.25, -0.2) is 22.2 Å². The molecule has 0 radical (unpaired) electrons. The van der Waals surface area contributed by atoms with Gasteiger partial charge in [0.15, 0.2) is 11.5 Å². The summed E-state index contributed by atoms with van der Waals surface area (Å²) in [5.41, 5.74) is -1.73. The van der Waals surface area contributed by atoms with Crippen molar-refractivity contribution < 1.29 is 22.0 Å². The molecule has 0 unspecified atom stereocenters. The van der Waals surface area contributed by atoms with Gasteiger partial charge in [-0.2, -0.15) is 0 Å². The number of hydrogen-bond donors (Lipinski definition) is 4. The highest BCUT2D eigenvalue weighted by molar-refractivity contribution is 7.92. The Bertz CT molecular complexity index is 1220. The number of sulfonamides is 1. The molecule has 9 nitrogen and oxygen atoms in total. The molecule has 1 amide bonds. The summed E-state index contributed by atoms with van der Waals surface area (Å²) in [6.07, 6.45) is 1.48. The Morgan fingerprint density at radius 1 is 1.25 bits per heavy atom. The predicted molar refractivity (Wildman–Crippen MR) is 98.7 cm³/mol. The number of fused-ring (bicyclic) bond motifs is 1. The molecule has 3 rings (SSSR count). The molecule has 0 aliphatic carbocycles. The first kappa shape index (κ1) is 19.5. The normalized spacial score (nSPS) is 11.5. The van der Waals surface area contributed by atoms with E-state index in [4.69, 9.17) is 0 Å². The Morgan fingerprint density at radius 3 is 2.71 bits per heavy atom. The zero-order valence-corrected chi connectivity index (χ0v) is 15.3. The van der Waals surface area contributed by atoms with Crippen LogP contribution in [0.2, 0.25) is 0 Å². The number of carbonyl (C=O) groups is 1. The summed E-state index contributed by atoms with van der Waals surface area (Å²) < 4.78 is 54.3. The lowest BCUT2D eigenvalue weighted by atomic mass is 10.1. The molecular weight excluding hydrogens is 396 g/mol. The lowest BCUT2D eigenvalue weighted by Crippen LogP contribution is -2.20. The van der Waals surface area contributed by atoms with Gasteiger partial charge >= 0.3 is 0 Å². The molecule has 0 atom stereocenters. The van der Waals surface area contributed by atoms with Crippen molar-refractivity contribution in [3.8, 4) is 0 Å². The van der Waals surface area contributed by atoms with Gasteiger partial charge in [0.25, 0.3) is 11.5 Å². The molecule has 0 aliphatic rings. The van der Waals surface area contributed by atoms with Crippen LogP contribution < -0.4 is 15.6 Å². The summed E-state index contributed by atoms with van der Waals surface area (Å²) in [4.78, 5) is 27.9. The first-order valence-corrected chi connectivity index (χ1v) is 9.73. The zero-order valence-electron chi connectivity index (χ0n) is 14.5. The molecule has 0 fully saturated rings. The number of halogens is 2. The number of benzene rings is 1. The maximum absolute atomic E-state index is 14.6. The summed E-state index contributed by atoms with van der Waals surface area (Å²) in [5.74, 6) is -3.96. The number of nitrogens with one attached hydrogen (secondary N) is 4. The summed E-state index contributed by atoms with van der Waals surface area (Å²) >= 11 is 0. The number of rotatable bonds is 6. The molecule has 0 bridgehead atoms. The van der Waals surface area contributed by atoms with Crippen LogP contribution in [0.3, 0.4) is 0 Å². The number of carbonyl (C=O) groups excluding carboxylic acids is 1. The van der Waals surface area contributed by atoms with E-state index in [1.165, 1.54) is 12.3 Å². The van der Waals surface area contributed by atoms with E-state index in [0.717, 1.165) is 12.1 Å². The van der Waals surface area contributed by atoms with E-state index in [1.807, 2.05) is 4.72 Å². The molecule has 2 aromatic heterocycles. The van der Waals surface area contributed by atoms with Gasteiger partial charge in [0.1, 0.15) is 11.4 Å². The number of H-pyrrole nitrogens is 2. The van der Waals surface area contributed by atoms with Crippen LogP contribution in [0.1, 0.15) is 23.7 Å². The summed E-state index contributed by atoms with van der Waals surface area (Å²) in [6, 6.07) is 2.95. The number of hydrogen-bond acceptors (Lipinski definition) is 5. The Labute approximate surface area is 157 Å². The van der Waals surface area contributed by atoms with Crippen LogP contribution >= 0.6 is 0 Å². The molecule has 1 aromatic carbocycles. The average Bonchev–Trinajstić information content (AvgIpc) is 2.98. The highest BCUT2D eigenvalue weighted by Gasteiger charge is 2.23. The molecule has 0 spiro atoms. The smallest absolute Gasteiger partial charge is 0.273 e. The van der Waals surface area contributed by atoms with Crippen LogP contribution in [0.15, 0.2) is 29.2 Å². The molecule has 0 aliphatic heterocycles. The highest BCUT2D eigenvalue weighted by atomic mass is 32.2. The monoisotopic (exact) mass is 411 g/mol. The minimum atomic E-state index is -3.84. The molecule has 28 heavy (non-hydrogen) atoms. The van der Waals surface area contributed by atoms with Gasteiger partial charge < -0.3 is 5.32 Å². The highest BCUT2D eigenvalue weighted by Crippen LogP contribution is 2.24. The number of nitrogens with zero attached hydrogens (tertiary/aromatic N) is 1.